The zero-order chi connectivity index (χ0) is 17.7. The fraction of sp³-hybridized carbons (Fsp3) is 0.318. The largest absolute Gasteiger partial charge is 0.509 e. The standard InChI is InChI=1S/C22H24O3/c1-2-24-22(23)25-21(18-17-20-13-7-4-8-14-20)16-10-9-15-19-11-5-3-6-12-19/h3-8,11-14,21H,2,9,15,17-18H2,1H3. The minimum absolute atomic E-state index is 0.297. The molecule has 0 bridgehead atoms. The number of carbonyl (C=O) groups excluding carboxylic acids is 1. The van der Waals surface area contributed by atoms with Crippen LogP contribution in [0.15, 0.2) is 60.7 Å². The summed E-state index contributed by atoms with van der Waals surface area (Å²) in [5.74, 6) is 6.21. The second kappa shape index (κ2) is 10.9. The average Bonchev–Trinajstić information content (AvgIpc) is 2.65. The molecule has 0 saturated heterocycles. The van der Waals surface area contributed by atoms with E-state index in [4.69, 9.17) is 9.47 Å². The van der Waals surface area contributed by atoms with Crippen molar-refractivity contribution in [1.82, 2.24) is 0 Å². The maximum absolute atomic E-state index is 11.6. The lowest BCUT2D eigenvalue weighted by atomic mass is 10.1. The number of hydrogen-bond donors (Lipinski definition) is 0. The number of rotatable bonds is 7. The van der Waals surface area contributed by atoms with Crippen molar-refractivity contribution >= 4 is 6.16 Å². The van der Waals surface area contributed by atoms with E-state index < -0.39 is 12.3 Å². The molecule has 0 aliphatic rings. The van der Waals surface area contributed by atoms with Gasteiger partial charge in [-0.1, -0.05) is 72.5 Å². The molecule has 2 aromatic rings. The fourth-order valence-corrected chi connectivity index (χ4v) is 2.41. The van der Waals surface area contributed by atoms with Gasteiger partial charge in [0.25, 0.3) is 0 Å². The normalized spacial score (nSPS) is 11.1. The molecule has 2 rings (SSSR count). The molecule has 0 fully saturated rings. The molecular formula is C22H24O3. The number of aryl methyl sites for hydroxylation is 2. The highest BCUT2D eigenvalue weighted by atomic mass is 16.7. The van der Waals surface area contributed by atoms with Crippen molar-refractivity contribution in [2.45, 2.75) is 38.7 Å². The SMILES string of the molecule is CCOC(=O)OC(C#CCCc1ccccc1)CCc1ccccc1. The van der Waals surface area contributed by atoms with Gasteiger partial charge in [-0.2, -0.15) is 0 Å². The van der Waals surface area contributed by atoms with Gasteiger partial charge >= 0.3 is 6.16 Å². The van der Waals surface area contributed by atoms with Gasteiger partial charge in [-0.3, -0.25) is 0 Å². The van der Waals surface area contributed by atoms with Gasteiger partial charge in [0.2, 0.25) is 0 Å². The summed E-state index contributed by atoms with van der Waals surface area (Å²) < 4.78 is 10.2. The van der Waals surface area contributed by atoms with Crippen LogP contribution in [0.5, 0.6) is 0 Å². The molecule has 0 spiro atoms. The van der Waals surface area contributed by atoms with Crippen LogP contribution in [0.1, 0.15) is 30.9 Å². The van der Waals surface area contributed by atoms with Crippen molar-refractivity contribution in [3.63, 3.8) is 0 Å². The van der Waals surface area contributed by atoms with Crippen LogP contribution in [0, 0.1) is 11.8 Å². The highest BCUT2D eigenvalue weighted by molar-refractivity contribution is 5.60. The summed E-state index contributed by atoms with van der Waals surface area (Å²) in [6.07, 6.45) is 1.98. The van der Waals surface area contributed by atoms with Crippen LogP contribution in [0.25, 0.3) is 0 Å². The van der Waals surface area contributed by atoms with Gasteiger partial charge in [0.1, 0.15) is 0 Å². The first-order valence-corrected chi connectivity index (χ1v) is 8.67. The Morgan fingerprint density at radius 2 is 1.56 bits per heavy atom. The molecule has 0 aliphatic heterocycles. The van der Waals surface area contributed by atoms with Crippen LogP contribution < -0.4 is 0 Å². The van der Waals surface area contributed by atoms with Gasteiger partial charge in [0, 0.05) is 12.8 Å². The highest BCUT2D eigenvalue weighted by Crippen LogP contribution is 2.09. The predicted molar refractivity (Wildman–Crippen MR) is 99.2 cm³/mol. The van der Waals surface area contributed by atoms with E-state index in [0.29, 0.717) is 13.0 Å². The number of ether oxygens (including phenoxy) is 2. The van der Waals surface area contributed by atoms with Crippen molar-refractivity contribution in [2.75, 3.05) is 6.61 Å². The van der Waals surface area contributed by atoms with E-state index in [1.54, 1.807) is 6.92 Å². The summed E-state index contributed by atoms with van der Waals surface area (Å²) in [4.78, 5) is 11.6. The molecule has 1 unspecified atom stereocenters. The first-order chi connectivity index (χ1) is 12.3. The van der Waals surface area contributed by atoms with Crippen molar-refractivity contribution in [3.8, 4) is 11.8 Å². The Labute approximate surface area is 150 Å². The monoisotopic (exact) mass is 336 g/mol. The maximum Gasteiger partial charge on any atom is 0.509 e. The first-order valence-electron chi connectivity index (χ1n) is 8.67. The van der Waals surface area contributed by atoms with E-state index in [1.165, 1.54) is 11.1 Å². The summed E-state index contributed by atoms with van der Waals surface area (Å²) in [7, 11) is 0. The minimum Gasteiger partial charge on any atom is -0.435 e. The lowest BCUT2D eigenvalue weighted by Gasteiger charge is -2.12. The minimum atomic E-state index is -0.655. The van der Waals surface area contributed by atoms with Gasteiger partial charge in [-0.15, -0.1) is 0 Å². The first kappa shape index (κ1) is 18.6. The second-order valence-corrected chi connectivity index (χ2v) is 5.62. The molecule has 0 saturated carbocycles. The van der Waals surface area contributed by atoms with Gasteiger partial charge in [-0.05, 0) is 30.9 Å². The molecular weight excluding hydrogens is 312 g/mol. The number of benzene rings is 2. The molecule has 3 nitrogen and oxygen atoms in total. The zero-order valence-electron chi connectivity index (χ0n) is 14.6. The summed E-state index contributed by atoms with van der Waals surface area (Å²) in [6, 6.07) is 20.3. The van der Waals surface area contributed by atoms with E-state index in [2.05, 4.69) is 36.1 Å². The van der Waals surface area contributed by atoms with Gasteiger partial charge in [0.05, 0.1) is 6.61 Å². The van der Waals surface area contributed by atoms with E-state index in [0.717, 1.165) is 19.3 Å². The topological polar surface area (TPSA) is 35.5 Å². The van der Waals surface area contributed by atoms with Crippen LogP contribution in [-0.2, 0) is 22.3 Å². The Hall–Kier alpha value is -2.73. The van der Waals surface area contributed by atoms with E-state index in [9.17, 15) is 4.79 Å². The zero-order valence-corrected chi connectivity index (χ0v) is 14.6. The molecule has 2 aromatic carbocycles. The fourth-order valence-electron chi connectivity index (χ4n) is 2.41. The molecule has 0 aliphatic carbocycles. The number of hydrogen-bond acceptors (Lipinski definition) is 3. The van der Waals surface area contributed by atoms with Crippen LogP contribution in [0.4, 0.5) is 4.79 Å². The highest BCUT2D eigenvalue weighted by Gasteiger charge is 2.12. The second-order valence-electron chi connectivity index (χ2n) is 5.62. The summed E-state index contributed by atoms with van der Waals surface area (Å²) in [5, 5.41) is 0. The smallest absolute Gasteiger partial charge is 0.435 e. The Balaban J connectivity index is 1.89. The van der Waals surface area contributed by atoms with E-state index in [1.807, 2.05) is 36.4 Å². The molecule has 0 aromatic heterocycles. The van der Waals surface area contributed by atoms with Gasteiger partial charge in [0.15, 0.2) is 6.10 Å². The van der Waals surface area contributed by atoms with E-state index >= 15 is 0 Å². The third-order valence-corrected chi connectivity index (χ3v) is 3.68. The Morgan fingerprint density at radius 3 is 2.16 bits per heavy atom. The summed E-state index contributed by atoms with van der Waals surface area (Å²) in [6.45, 7) is 2.05. The van der Waals surface area contributed by atoms with Crippen LogP contribution in [0.2, 0.25) is 0 Å². The number of carbonyl (C=O) groups is 1. The third-order valence-electron chi connectivity index (χ3n) is 3.68. The summed E-state index contributed by atoms with van der Waals surface area (Å²) in [5.41, 5.74) is 2.45. The molecule has 0 amide bonds. The molecule has 25 heavy (non-hydrogen) atoms. The Bertz CT molecular complexity index is 683. The Morgan fingerprint density at radius 1 is 0.960 bits per heavy atom. The lowest BCUT2D eigenvalue weighted by molar-refractivity contribution is 0.0410. The molecule has 0 N–H and O–H groups in total. The lowest BCUT2D eigenvalue weighted by Crippen LogP contribution is -2.18. The van der Waals surface area contributed by atoms with Gasteiger partial charge in [-0.25, -0.2) is 4.79 Å². The predicted octanol–water partition coefficient (Wildman–Crippen LogP) is 4.80. The molecule has 0 radical (unpaired) electrons. The molecule has 0 heterocycles. The van der Waals surface area contributed by atoms with Crippen molar-refractivity contribution < 1.29 is 14.3 Å². The van der Waals surface area contributed by atoms with Crippen LogP contribution in [-0.4, -0.2) is 18.9 Å². The molecule has 130 valence electrons. The van der Waals surface area contributed by atoms with Crippen LogP contribution >= 0.6 is 0 Å². The average molecular weight is 336 g/mol. The van der Waals surface area contributed by atoms with Crippen LogP contribution in [0.3, 0.4) is 0 Å². The quantitative estimate of drug-likeness (QED) is 0.538. The molecule has 3 heteroatoms. The maximum atomic E-state index is 11.6. The molecule has 1 atom stereocenters. The third kappa shape index (κ3) is 7.58. The van der Waals surface area contributed by atoms with Crippen molar-refractivity contribution in [2.24, 2.45) is 0 Å². The van der Waals surface area contributed by atoms with Gasteiger partial charge < -0.3 is 9.47 Å². The van der Waals surface area contributed by atoms with E-state index in [-0.39, 0.29) is 0 Å². The van der Waals surface area contributed by atoms with Crippen molar-refractivity contribution in [1.29, 1.82) is 0 Å². The summed E-state index contributed by atoms with van der Waals surface area (Å²) >= 11 is 0. The Kier molecular flexibility index (Phi) is 8.14. The van der Waals surface area contributed by atoms with Crippen molar-refractivity contribution in [3.05, 3.63) is 71.8 Å².